The van der Waals surface area contributed by atoms with Gasteiger partial charge in [-0.25, -0.2) is 9.67 Å². The van der Waals surface area contributed by atoms with Crippen LogP contribution in [0.4, 0.5) is 5.82 Å². The van der Waals surface area contributed by atoms with Crippen molar-refractivity contribution in [2.75, 3.05) is 0 Å². The summed E-state index contributed by atoms with van der Waals surface area (Å²) in [6.07, 6.45) is 4.23. The molecule has 1 unspecified atom stereocenters. The molecule has 2 aromatic heterocycles. The molecule has 3 aromatic rings. The van der Waals surface area contributed by atoms with Crippen LogP contribution < -0.4 is 0 Å². The van der Waals surface area contributed by atoms with Crippen molar-refractivity contribution in [3.63, 3.8) is 0 Å². The second-order valence-corrected chi connectivity index (χ2v) is 5.25. The third-order valence-electron chi connectivity index (χ3n) is 3.54. The number of ketones is 1. The van der Waals surface area contributed by atoms with E-state index in [1.54, 1.807) is 65.7 Å². The maximum Gasteiger partial charge on any atom is 0.319 e. The van der Waals surface area contributed by atoms with E-state index in [-0.39, 0.29) is 0 Å². The zero-order valence-corrected chi connectivity index (χ0v) is 13.1. The van der Waals surface area contributed by atoms with E-state index in [0.717, 1.165) is 6.21 Å². The number of rotatable bonds is 7. The van der Waals surface area contributed by atoms with Gasteiger partial charge in [0.2, 0.25) is 0 Å². The van der Waals surface area contributed by atoms with Crippen LogP contribution in [0.1, 0.15) is 16.1 Å². The van der Waals surface area contributed by atoms with Crippen molar-refractivity contribution < 1.29 is 19.1 Å². The number of aromatic nitrogens is 2. The summed E-state index contributed by atoms with van der Waals surface area (Å²) in [6.45, 7) is 0.358. The van der Waals surface area contributed by atoms with Crippen LogP contribution in [0.3, 0.4) is 0 Å². The van der Waals surface area contributed by atoms with Crippen LogP contribution in [0, 0.1) is 5.92 Å². The molecule has 0 fully saturated rings. The molecule has 2 heterocycles. The molecule has 0 saturated carbocycles. The maximum atomic E-state index is 12.4. The first-order valence-electron chi connectivity index (χ1n) is 7.55. The van der Waals surface area contributed by atoms with Gasteiger partial charge in [0, 0.05) is 17.8 Å². The first kappa shape index (κ1) is 16.4. The summed E-state index contributed by atoms with van der Waals surface area (Å²) in [5.74, 6) is -2.02. The molecule has 0 aliphatic heterocycles. The van der Waals surface area contributed by atoms with Crippen molar-refractivity contribution in [3.05, 3.63) is 72.3 Å². The zero-order valence-electron chi connectivity index (χ0n) is 13.1. The number of hydrogen-bond donors (Lipinski definition) is 1. The first-order chi connectivity index (χ1) is 12.1. The van der Waals surface area contributed by atoms with Crippen LogP contribution in [0.2, 0.25) is 0 Å². The molecule has 7 heteroatoms. The van der Waals surface area contributed by atoms with Gasteiger partial charge in [-0.3, -0.25) is 9.59 Å². The first-order valence-corrected chi connectivity index (χ1v) is 7.55. The van der Waals surface area contributed by atoms with Crippen molar-refractivity contribution in [3.8, 4) is 0 Å². The topological polar surface area (TPSA) is 97.7 Å². The molecule has 0 saturated heterocycles. The molecular weight excluding hydrogens is 322 g/mol. The second kappa shape index (κ2) is 7.39. The van der Waals surface area contributed by atoms with Gasteiger partial charge in [-0.2, -0.15) is 5.10 Å². The van der Waals surface area contributed by atoms with E-state index >= 15 is 0 Å². The summed E-state index contributed by atoms with van der Waals surface area (Å²) >= 11 is 0. The largest absolute Gasteiger partial charge is 0.480 e. The van der Waals surface area contributed by atoms with Gasteiger partial charge < -0.3 is 9.52 Å². The lowest BCUT2D eigenvalue weighted by Gasteiger charge is -2.06. The number of nitrogens with zero attached hydrogens (tertiary/aromatic N) is 3. The average molecular weight is 337 g/mol. The van der Waals surface area contributed by atoms with Crippen LogP contribution in [0.15, 0.2) is 70.4 Å². The fourth-order valence-corrected chi connectivity index (χ4v) is 2.28. The molecule has 0 aliphatic rings. The normalized spacial score (nSPS) is 12.3. The fraction of sp³-hybridized carbons (Fsp3) is 0.111. The van der Waals surface area contributed by atoms with Crippen LogP contribution in [-0.2, 0) is 11.3 Å². The van der Waals surface area contributed by atoms with Crippen molar-refractivity contribution in [2.24, 2.45) is 10.9 Å². The summed E-state index contributed by atoms with van der Waals surface area (Å²) in [4.78, 5) is 28.0. The number of hydrogen-bond acceptors (Lipinski definition) is 5. The van der Waals surface area contributed by atoms with Crippen molar-refractivity contribution in [2.45, 2.75) is 6.54 Å². The van der Waals surface area contributed by atoms with Crippen LogP contribution in [-0.4, -0.2) is 32.9 Å². The standard InChI is InChI=1S/C18H15N3O4/c22-17(13-5-2-1-3-6-13)15(18(23)24)11-19-16-8-9-20-21(16)12-14-7-4-10-25-14/h1-11,15H,12H2,(H,23,24). The SMILES string of the molecule is O=C(O)C(C=Nc1ccnn1Cc1ccco1)C(=O)c1ccccc1. The lowest BCUT2D eigenvalue weighted by molar-refractivity contribution is -0.137. The Hall–Kier alpha value is -3.48. The summed E-state index contributed by atoms with van der Waals surface area (Å²) in [6, 6.07) is 13.5. The molecular formula is C18H15N3O4. The molecule has 0 radical (unpaired) electrons. The predicted molar refractivity (Wildman–Crippen MR) is 90.1 cm³/mol. The number of carbonyl (C=O) groups excluding carboxylic acids is 1. The Labute approximate surface area is 143 Å². The summed E-state index contributed by atoms with van der Waals surface area (Å²) in [5.41, 5.74) is 0.324. The lowest BCUT2D eigenvalue weighted by atomic mass is 9.99. The number of carbonyl (C=O) groups is 2. The number of aliphatic imine (C=N–C) groups is 1. The van der Waals surface area contributed by atoms with E-state index < -0.39 is 17.7 Å². The third-order valence-corrected chi connectivity index (χ3v) is 3.54. The number of carboxylic acids is 1. The minimum atomic E-state index is -1.37. The van der Waals surface area contributed by atoms with Gasteiger partial charge in [-0.1, -0.05) is 30.3 Å². The highest BCUT2D eigenvalue weighted by molar-refractivity contribution is 6.18. The number of aliphatic carboxylic acids is 1. The molecule has 0 aliphatic carbocycles. The molecule has 7 nitrogen and oxygen atoms in total. The van der Waals surface area contributed by atoms with E-state index in [9.17, 15) is 14.7 Å². The highest BCUT2D eigenvalue weighted by atomic mass is 16.4. The number of Topliss-reactive ketones (excluding diaryl/α,β-unsaturated/α-hetero) is 1. The Balaban J connectivity index is 1.80. The highest BCUT2D eigenvalue weighted by Crippen LogP contribution is 2.15. The van der Waals surface area contributed by atoms with Crippen molar-refractivity contribution in [1.29, 1.82) is 0 Å². The molecule has 126 valence electrons. The summed E-state index contributed by atoms with van der Waals surface area (Å²) in [5, 5.41) is 13.5. The van der Waals surface area contributed by atoms with Crippen molar-refractivity contribution >= 4 is 23.8 Å². The minimum Gasteiger partial charge on any atom is -0.480 e. The molecule has 1 aromatic carbocycles. The van der Waals surface area contributed by atoms with Gasteiger partial charge in [0.15, 0.2) is 11.7 Å². The van der Waals surface area contributed by atoms with Gasteiger partial charge in [-0.15, -0.1) is 0 Å². The van der Waals surface area contributed by atoms with Crippen LogP contribution >= 0.6 is 0 Å². The Morgan fingerprint density at radius 2 is 2.00 bits per heavy atom. The van der Waals surface area contributed by atoms with E-state index in [1.807, 2.05) is 0 Å². The Kier molecular flexibility index (Phi) is 4.84. The van der Waals surface area contributed by atoms with E-state index in [4.69, 9.17) is 4.42 Å². The fourth-order valence-electron chi connectivity index (χ4n) is 2.28. The van der Waals surface area contributed by atoms with Crippen LogP contribution in [0.25, 0.3) is 0 Å². The molecule has 3 rings (SSSR count). The Morgan fingerprint density at radius 3 is 2.68 bits per heavy atom. The molecule has 0 spiro atoms. The maximum absolute atomic E-state index is 12.4. The average Bonchev–Trinajstić information content (AvgIpc) is 3.28. The van der Waals surface area contributed by atoms with Gasteiger partial charge in [0.1, 0.15) is 18.1 Å². The van der Waals surface area contributed by atoms with Gasteiger partial charge in [0.25, 0.3) is 0 Å². The number of furan rings is 1. The number of benzene rings is 1. The smallest absolute Gasteiger partial charge is 0.319 e. The lowest BCUT2D eigenvalue weighted by Crippen LogP contribution is -2.25. The molecule has 1 N–H and O–H groups in total. The zero-order chi connectivity index (χ0) is 17.6. The summed E-state index contributed by atoms with van der Waals surface area (Å²) in [7, 11) is 0. The quantitative estimate of drug-likeness (QED) is 0.406. The van der Waals surface area contributed by atoms with Gasteiger partial charge >= 0.3 is 5.97 Å². The van der Waals surface area contributed by atoms with Gasteiger partial charge in [-0.05, 0) is 12.1 Å². The van der Waals surface area contributed by atoms with E-state index in [0.29, 0.717) is 23.7 Å². The van der Waals surface area contributed by atoms with Crippen molar-refractivity contribution in [1.82, 2.24) is 9.78 Å². The monoisotopic (exact) mass is 337 g/mol. The Morgan fingerprint density at radius 1 is 1.20 bits per heavy atom. The van der Waals surface area contributed by atoms with E-state index in [1.165, 1.54) is 0 Å². The Bertz CT molecular complexity index is 882. The second-order valence-electron chi connectivity index (χ2n) is 5.25. The van der Waals surface area contributed by atoms with Crippen LogP contribution in [0.5, 0.6) is 0 Å². The molecule has 0 bridgehead atoms. The third kappa shape index (κ3) is 3.89. The summed E-state index contributed by atoms with van der Waals surface area (Å²) < 4.78 is 6.82. The van der Waals surface area contributed by atoms with Gasteiger partial charge in [0.05, 0.1) is 12.5 Å². The number of carboxylic acid groups (broad SMARTS) is 1. The highest BCUT2D eigenvalue weighted by Gasteiger charge is 2.25. The predicted octanol–water partition coefficient (Wildman–Crippen LogP) is 2.81. The molecule has 0 amide bonds. The molecule has 1 atom stereocenters. The van der Waals surface area contributed by atoms with E-state index in [2.05, 4.69) is 10.1 Å². The minimum absolute atomic E-state index is 0.324. The molecule has 25 heavy (non-hydrogen) atoms.